The lowest BCUT2D eigenvalue weighted by atomic mass is 9.72. The van der Waals surface area contributed by atoms with E-state index < -0.39 is 11.4 Å². The zero-order chi connectivity index (χ0) is 12.6. The lowest BCUT2D eigenvalue weighted by molar-refractivity contribution is -0.148. The lowest BCUT2D eigenvalue weighted by Gasteiger charge is -2.35. The maximum absolute atomic E-state index is 11.3. The van der Waals surface area contributed by atoms with Gasteiger partial charge in [0, 0.05) is 11.5 Å². The number of carboxylic acid groups (broad SMARTS) is 1. The zero-order valence-corrected chi connectivity index (χ0v) is 10.1. The van der Waals surface area contributed by atoms with Crippen LogP contribution in [0.5, 0.6) is 5.75 Å². The van der Waals surface area contributed by atoms with Crippen molar-refractivity contribution in [3.8, 4) is 5.75 Å². The topological polar surface area (TPSA) is 72.5 Å². The summed E-state index contributed by atoms with van der Waals surface area (Å²) in [6.45, 7) is 4.01. The van der Waals surface area contributed by atoms with Crippen molar-refractivity contribution in [1.82, 2.24) is 0 Å². The largest absolute Gasteiger partial charge is 0.491 e. The normalized spacial score (nSPS) is 19.3. The number of hydrogen-bond acceptors (Lipinski definition) is 3. The molecule has 0 aromatic heterocycles. The van der Waals surface area contributed by atoms with Crippen LogP contribution in [0.4, 0.5) is 5.69 Å². The van der Waals surface area contributed by atoms with Gasteiger partial charge in [0.2, 0.25) is 0 Å². The second kappa shape index (κ2) is 3.95. The van der Waals surface area contributed by atoms with Gasteiger partial charge in [-0.3, -0.25) is 4.79 Å². The number of fused-ring (bicyclic) bond motifs is 1. The predicted octanol–water partition coefficient (Wildman–Crippen LogP) is 2.25. The molecule has 0 saturated heterocycles. The summed E-state index contributed by atoms with van der Waals surface area (Å²) in [4.78, 5) is 11.3. The summed E-state index contributed by atoms with van der Waals surface area (Å²) in [5.74, 6) is -0.205. The van der Waals surface area contributed by atoms with E-state index in [0.717, 1.165) is 5.56 Å². The summed E-state index contributed by atoms with van der Waals surface area (Å²) in [5.41, 5.74) is 6.52. The van der Waals surface area contributed by atoms with Crippen LogP contribution >= 0.6 is 0 Å². The third-order valence-electron chi connectivity index (χ3n) is 3.53. The molecule has 0 radical (unpaired) electrons. The molecule has 1 aliphatic heterocycles. The van der Waals surface area contributed by atoms with Gasteiger partial charge in [0.25, 0.3) is 0 Å². The Morgan fingerprint density at radius 2 is 2.24 bits per heavy atom. The van der Waals surface area contributed by atoms with Crippen LogP contribution in [0.2, 0.25) is 0 Å². The highest BCUT2D eigenvalue weighted by atomic mass is 16.5. The maximum Gasteiger partial charge on any atom is 0.309 e. The molecule has 4 nitrogen and oxygen atoms in total. The predicted molar refractivity (Wildman–Crippen MR) is 65.1 cm³/mol. The Morgan fingerprint density at radius 1 is 1.53 bits per heavy atom. The molecule has 0 saturated carbocycles. The molecule has 17 heavy (non-hydrogen) atoms. The molecule has 92 valence electrons. The van der Waals surface area contributed by atoms with Crippen LogP contribution in [-0.4, -0.2) is 17.7 Å². The number of benzene rings is 1. The average molecular weight is 235 g/mol. The molecule has 1 aliphatic rings. The smallest absolute Gasteiger partial charge is 0.309 e. The SMILES string of the molecule is CC(C)(C(=O)O)C1CCOc2c(N)cccc21. The minimum atomic E-state index is -0.813. The van der Waals surface area contributed by atoms with Crippen LogP contribution in [0.3, 0.4) is 0 Å². The molecule has 1 aromatic carbocycles. The first-order chi connectivity index (χ1) is 7.94. The van der Waals surface area contributed by atoms with Gasteiger partial charge in [0.15, 0.2) is 0 Å². The van der Waals surface area contributed by atoms with Gasteiger partial charge in [-0.25, -0.2) is 0 Å². The van der Waals surface area contributed by atoms with Gasteiger partial charge in [-0.1, -0.05) is 12.1 Å². The Balaban J connectivity index is 2.49. The molecule has 1 atom stereocenters. The molecule has 0 amide bonds. The number of hydrogen-bond donors (Lipinski definition) is 2. The van der Waals surface area contributed by atoms with Gasteiger partial charge in [-0.05, 0) is 26.3 Å². The molecule has 0 spiro atoms. The maximum atomic E-state index is 11.3. The molecule has 0 bridgehead atoms. The number of carboxylic acids is 1. The summed E-state index contributed by atoms with van der Waals surface area (Å²) >= 11 is 0. The van der Waals surface area contributed by atoms with Crippen LogP contribution in [0, 0.1) is 5.41 Å². The van der Waals surface area contributed by atoms with E-state index in [1.54, 1.807) is 19.9 Å². The minimum absolute atomic E-state index is 0.0627. The minimum Gasteiger partial charge on any atom is -0.491 e. The fourth-order valence-corrected chi connectivity index (χ4v) is 2.35. The van der Waals surface area contributed by atoms with Crippen LogP contribution in [0.15, 0.2) is 18.2 Å². The van der Waals surface area contributed by atoms with E-state index in [1.807, 2.05) is 12.1 Å². The second-order valence-corrected chi connectivity index (χ2v) is 4.98. The Kier molecular flexibility index (Phi) is 2.73. The lowest BCUT2D eigenvalue weighted by Crippen LogP contribution is -2.34. The van der Waals surface area contributed by atoms with Crippen LogP contribution in [0.25, 0.3) is 0 Å². The number of carbonyl (C=O) groups is 1. The molecule has 3 N–H and O–H groups in total. The molecule has 0 aliphatic carbocycles. The Bertz CT molecular complexity index is 454. The quantitative estimate of drug-likeness (QED) is 0.771. The van der Waals surface area contributed by atoms with Crippen LogP contribution in [-0.2, 0) is 4.79 Å². The molecule has 4 heteroatoms. The van der Waals surface area contributed by atoms with Crippen molar-refractivity contribution in [2.24, 2.45) is 5.41 Å². The third kappa shape index (κ3) is 1.84. The number of nitrogens with two attached hydrogens (primary N) is 1. The molecular formula is C13H17NO3. The van der Waals surface area contributed by atoms with Crippen molar-refractivity contribution in [1.29, 1.82) is 0 Å². The Labute approximate surface area is 100 Å². The molecule has 1 heterocycles. The van der Waals surface area contributed by atoms with Gasteiger partial charge in [0.05, 0.1) is 17.7 Å². The summed E-state index contributed by atoms with van der Waals surface area (Å²) in [7, 11) is 0. The van der Waals surface area contributed by atoms with Crippen molar-refractivity contribution in [3.05, 3.63) is 23.8 Å². The molecule has 0 fully saturated rings. The van der Waals surface area contributed by atoms with Gasteiger partial charge in [-0.15, -0.1) is 0 Å². The van der Waals surface area contributed by atoms with Crippen LogP contribution < -0.4 is 10.5 Å². The number of ether oxygens (including phenoxy) is 1. The highest BCUT2D eigenvalue weighted by Crippen LogP contribution is 2.46. The van der Waals surface area contributed by atoms with E-state index in [-0.39, 0.29) is 5.92 Å². The van der Waals surface area contributed by atoms with Crippen molar-refractivity contribution < 1.29 is 14.6 Å². The number of anilines is 1. The van der Waals surface area contributed by atoms with Gasteiger partial charge >= 0.3 is 5.97 Å². The van der Waals surface area contributed by atoms with E-state index in [2.05, 4.69) is 0 Å². The van der Waals surface area contributed by atoms with Gasteiger partial charge in [-0.2, -0.15) is 0 Å². The van der Waals surface area contributed by atoms with E-state index in [4.69, 9.17) is 10.5 Å². The number of rotatable bonds is 2. The molecule has 1 aromatic rings. The number of aliphatic carboxylic acids is 1. The summed E-state index contributed by atoms with van der Waals surface area (Å²) in [6, 6.07) is 5.52. The monoisotopic (exact) mass is 235 g/mol. The van der Waals surface area contributed by atoms with Crippen molar-refractivity contribution >= 4 is 11.7 Å². The van der Waals surface area contributed by atoms with Crippen molar-refractivity contribution in [3.63, 3.8) is 0 Å². The fraction of sp³-hybridized carbons (Fsp3) is 0.462. The number of para-hydroxylation sites is 1. The highest BCUT2D eigenvalue weighted by molar-refractivity contribution is 5.76. The van der Waals surface area contributed by atoms with E-state index >= 15 is 0 Å². The first-order valence-electron chi connectivity index (χ1n) is 5.69. The Hall–Kier alpha value is -1.71. The highest BCUT2D eigenvalue weighted by Gasteiger charge is 2.40. The van der Waals surface area contributed by atoms with Crippen molar-refractivity contribution in [2.45, 2.75) is 26.2 Å². The molecular weight excluding hydrogens is 218 g/mol. The number of nitrogen functional groups attached to an aromatic ring is 1. The van der Waals surface area contributed by atoms with Crippen LogP contribution in [0.1, 0.15) is 31.7 Å². The second-order valence-electron chi connectivity index (χ2n) is 4.98. The summed E-state index contributed by atoms with van der Waals surface area (Å²) in [6.07, 6.45) is 0.704. The zero-order valence-electron chi connectivity index (χ0n) is 10.1. The summed E-state index contributed by atoms with van der Waals surface area (Å²) < 4.78 is 5.54. The Morgan fingerprint density at radius 3 is 2.88 bits per heavy atom. The van der Waals surface area contributed by atoms with E-state index in [9.17, 15) is 9.90 Å². The average Bonchev–Trinajstić information content (AvgIpc) is 2.28. The first kappa shape index (κ1) is 11.8. The van der Waals surface area contributed by atoms with Gasteiger partial charge in [0.1, 0.15) is 5.75 Å². The van der Waals surface area contributed by atoms with E-state index in [1.165, 1.54) is 0 Å². The third-order valence-corrected chi connectivity index (χ3v) is 3.53. The van der Waals surface area contributed by atoms with Gasteiger partial charge < -0.3 is 15.6 Å². The fourth-order valence-electron chi connectivity index (χ4n) is 2.35. The molecule has 1 unspecified atom stereocenters. The first-order valence-corrected chi connectivity index (χ1v) is 5.69. The molecule has 2 rings (SSSR count). The standard InChI is InChI=1S/C13H17NO3/c1-13(2,12(15)16)9-6-7-17-11-8(9)4-3-5-10(11)14/h3-5,9H,6-7,14H2,1-2H3,(H,15,16). The summed E-state index contributed by atoms with van der Waals surface area (Å²) in [5, 5.41) is 9.32. The van der Waals surface area contributed by atoms with Crippen molar-refractivity contribution in [2.75, 3.05) is 12.3 Å². The van der Waals surface area contributed by atoms with E-state index in [0.29, 0.717) is 24.5 Å².